The molecule has 0 bridgehead atoms. The fourth-order valence-electron chi connectivity index (χ4n) is 10.8. The summed E-state index contributed by atoms with van der Waals surface area (Å²) in [5, 5.41) is 7.89. The molecule has 2 aliphatic rings. The van der Waals surface area contributed by atoms with Crippen LogP contribution in [-0.2, 0) is 21.7 Å². The Balaban J connectivity index is 1.41. The number of anilines is 5. The van der Waals surface area contributed by atoms with E-state index in [4.69, 9.17) is 0 Å². The van der Waals surface area contributed by atoms with E-state index in [9.17, 15) is 0 Å². The molecule has 4 heteroatoms. The second-order valence-corrected chi connectivity index (χ2v) is 22.4. The van der Waals surface area contributed by atoms with Gasteiger partial charge in [-0.05, 0) is 120 Å². The Morgan fingerprint density at radius 1 is 0.443 bits per heavy atom. The summed E-state index contributed by atoms with van der Waals surface area (Å²) in [5.74, 6) is 0. The molecule has 61 heavy (non-hydrogen) atoms. The first-order valence-electron chi connectivity index (χ1n) is 22.4. The van der Waals surface area contributed by atoms with Crippen LogP contribution in [0.15, 0.2) is 115 Å². The fourth-order valence-corrected chi connectivity index (χ4v) is 10.8. The third-order valence-corrected chi connectivity index (χ3v) is 14.3. The van der Waals surface area contributed by atoms with Gasteiger partial charge in [0.2, 0.25) is 0 Å². The molecule has 4 heterocycles. The van der Waals surface area contributed by atoms with Crippen molar-refractivity contribution < 1.29 is 0 Å². The Morgan fingerprint density at radius 2 is 0.918 bits per heavy atom. The number of fused-ring (bicyclic) bond motifs is 13. The molecule has 0 N–H and O–H groups in total. The van der Waals surface area contributed by atoms with Crippen LogP contribution in [0.2, 0.25) is 0 Å². The van der Waals surface area contributed by atoms with E-state index in [1.807, 2.05) is 0 Å². The quantitative estimate of drug-likeness (QED) is 0.153. The van der Waals surface area contributed by atoms with E-state index < -0.39 is 0 Å². The standard InChI is InChI=1S/C57H58BN3/c1-54(2,3)35-18-23-39(24-19-35)60-47-29-34-17-15-14-16-33(34)28-42(47)58-43-32-38(57(10,11)12)22-27-46(43)59(13)52-48-40-30-36(55(4,5)6)20-25-44(40)61-45-26-21-37(56(7,8)9)31-41(45)49(51(48)61)53(60)50(52)58/h14-32H,1-13H3. The summed E-state index contributed by atoms with van der Waals surface area (Å²) in [6.45, 7) is 28.1. The molecule has 0 spiro atoms. The lowest BCUT2D eigenvalue weighted by Crippen LogP contribution is -2.61. The predicted molar refractivity (Wildman–Crippen MR) is 267 cm³/mol. The maximum Gasteiger partial charge on any atom is 0.252 e. The van der Waals surface area contributed by atoms with Gasteiger partial charge in [0.25, 0.3) is 6.71 Å². The molecule has 0 unspecified atom stereocenters. The van der Waals surface area contributed by atoms with E-state index in [1.165, 1.54) is 116 Å². The van der Waals surface area contributed by atoms with Crippen molar-refractivity contribution in [1.29, 1.82) is 0 Å². The van der Waals surface area contributed by atoms with Crippen molar-refractivity contribution in [2.45, 2.75) is 105 Å². The van der Waals surface area contributed by atoms with Crippen LogP contribution in [0, 0.1) is 0 Å². The van der Waals surface area contributed by atoms with Gasteiger partial charge in [-0.15, -0.1) is 0 Å². The van der Waals surface area contributed by atoms with E-state index >= 15 is 0 Å². The minimum Gasteiger partial charge on any atom is -0.345 e. The zero-order chi connectivity index (χ0) is 42.9. The summed E-state index contributed by atoms with van der Waals surface area (Å²) < 4.78 is 2.61. The minimum absolute atomic E-state index is 0.000916. The van der Waals surface area contributed by atoms with Gasteiger partial charge in [-0.2, -0.15) is 0 Å². The van der Waals surface area contributed by atoms with Crippen molar-refractivity contribution in [2.75, 3.05) is 16.8 Å². The molecule has 3 nitrogen and oxygen atoms in total. The Labute approximate surface area is 362 Å². The van der Waals surface area contributed by atoms with Gasteiger partial charge >= 0.3 is 0 Å². The number of hydrogen-bond acceptors (Lipinski definition) is 2. The highest BCUT2D eigenvalue weighted by Gasteiger charge is 2.46. The molecule has 0 fully saturated rings. The van der Waals surface area contributed by atoms with Crippen LogP contribution in [0.25, 0.3) is 48.9 Å². The first kappa shape index (κ1) is 38.2. The SMILES string of the molecule is CN1c2ccc(C(C)(C)C)cc2B2c3cc4ccccc4cc3N(c3ccc(C(C)(C)C)cc3)c3c2c1c1c2cc(C(C)(C)C)ccc2n2c4ccc(C(C)(C)C)cc4c3c12. The van der Waals surface area contributed by atoms with Crippen LogP contribution in [0.1, 0.15) is 105 Å². The average Bonchev–Trinajstić information content (AvgIpc) is 3.71. The predicted octanol–water partition coefficient (Wildman–Crippen LogP) is 13.6. The lowest BCUT2D eigenvalue weighted by atomic mass is 9.33. The molecule has 0 saturated carbocycles. The maximum atomic E-state index is 2.66. The molecule has 2 aromatic heterocycles. The summed E-state index contributed by atoms with van der Waals surface area (Å²) in [6, 6.07) is 45.4. The van der Waals surface area contributed by atoms with Crippen molar-refractivity contribution in [3.05, 3.63) is 138 Å². The number of benzene rings is 7. The smallest absolute Gasteiger partial charge is 0.252 e. The highest BCUT2D eigenvalue weighted by Crippen LogP contribution is 2.54. The molecule has 7 aromatic carbocycles. The molecule has 11 rings (SSSR count). The van der Waals surface area contributed by atoms with E-state index in [1.54, 1.807) is 0 Å². The van der Waals surface area contributed by atoms with Crippen molar-refractivity contribution >= 4 is 100 Å². The second kappa shape index (κ2) is 12.2. The summed E-state index contributed by atoms with van der Waals surface area (Å²) in [6.07, 6.45) is 0. The third-order valence-electron chi connectivity index (χ3n) is 14.3. The maximum absolute atomic E-state index is 2.66. The summed E-state index contributed by atoms with van der Waals surface area (Å²) in [5.41, 5.74) is 19.8. The van der Waals surface area contributed by atoms with Crippen LogP contribution < -0.4 is 26.2 Å². The molecule has 9 aromatic rings. The summed E-state index contributed by atoms with van der Waals surface area (Å²) in [7, 11) is 2.33. The number of aromatic nitrogens is 1. The topological polar surface area (TPSA) is 10.9 Å². The highest BCUT2D eigenvalue weighted by atomic mass is 15.2. The largest absolute Gasteiger partial charge is 0.345 e. The molecule has 0 amide bonds. The number of rotatable bonds is 1. The summed E-state index contributed by atoms with van der Waals surface area (Å²) in [4.78, 5) is 5.21. The third kappa shape index (κ3) is 5.36. The van der Waals surface area contributed by atoms with Gasteiger partial charge in [0.15, 0.2) is 0 Å². The molecular formula is C57H58BN3. The highest BCUT2D eigenvalue weighted by molar-refractivity contribution is 7.01. The van der Waals surface area contributed by atoms with Gasteiger partial charge < -0.3 is 14.2 Å². The Hall–Kier alpha value is -5.74. The Morgan fingerprint density at radius 3 is 1.48 bits per heavy atom. The normalized spacial score (nSPS) is 14.5. The second-order valence-electron chi connectivity index (χ2n) is 22.4. The van der Waals surface area contributed by atoms with Gasteiger partial charge in [0.1, 0.15) is 0 Å². The van der Waals surface area contributed by atoms with Crippen molar-refractivity contribution in [3.63, 3.8) is 0 Å². The van der Waals surface area contributed by atoms with E-state index in [-0.39, 0.29) is 28.4 Å². The fraction of sp³-hybridized carbons (Fsp3) is 0.298. The molecule has 0 atom stereocenters. The van der Waals surface area contributed by atoms with Crippen molar-refractivity contribution in [2.24, 2.45) is 0 Å². The molecule has 2 aliphatic heterocycles. The minimum atomic E-state index is -0.0143. The lowest BCUT2D eigenvalue weighted by molar-refractivity contribution is 0.590. The van der Waals surface area contributed by atoms with Crippen LogP contribution in [0.4, 0.5) is 28.4 Å². The Bertz CT molecular complexity index is 3300. The van der Waals surface area contributed by atoms with Crippen molar-refractivity contribution in [3.8, 4) is 0 Å². The van der Waals surface area contributed by atoms with Crippen LogP contribution in [0.3, 0.4) is 0 Å². The van der Waals surface area contributed by atoms with Gasteiger partial charge in [-0.25, -0.2) is 0 Å². The first-order chi connectivity index (χ1) is 28.7. The number of hydrogen-bond donors (Lipinski definition) is 0. The zero-order valence-corrected chi connectivity index (χ0v) is 38.4. The van der Waals surface area contributed by atoms with Crippen LogP contribution >= 0.6 is 0 Å². The monoisotopic (exact) mass is 795 g/mol. The van der Waals surface area contributed by atoms with Gasteiger partial charge in [0.05, 0.1) is 22.2 Å². The van der Waals surface area contributed by atoms with E-state index in [2.05, 4.69) is 220 Å². The van der Waals surface area contributed by atoms with Crippen LogP contribution in [-0.4, -0.2) is 18.2 Å². The zero-order valence-electron chi connectivity index (χ0n) is 38.4. The molecular weight excluding hydrogens is 737 g/mol. The van der Waals surface area contributed by atoms with Crippen molar-refractivity contribution in [1.82, 2.24) is 4.40 Å². The molecule has 0 saturated heterocycles. The summed E-state index contributed by atoms with van der Waals surface area (Å²) >= 11 is 0. The molecule has 304 valence electrons. The van der Waals surface area contributed by atoms with Gasteiger partial charge in [-0.1, -0.05) is 150 Å². The van der Waals surface area contributed by atoms with E-state index in [0.717, 1.165) is 0 Å². The van der Waals surface area contributed by atoms with Gasteiger partial charge in [0, 0.05) is 51.3 Å². The van der Waals surface area contributed by atoms with E-state index in [0.29, 0.717) is 0 Å². The van der Waals surface area contributed by atoms with Crippen LogP contribution in [0.5, 0.6) is 0 Å². The molecule has 0 radical (unpaired) electrons. The van der Waals surface area contributed by atoms with Gasteiger partial charge in [-0.3, -0.25) is 0 Å². The first-order valence-corrected chi connectivity index (χ1v) is 22.4. The average molecular weight is 796 g/mol. The molecule has 0 aliphatic carbocycles. The Kier molecular flexibility index (Phi) is 7.65. The number of nitrogens with zero attached hydrogens (tertiary/aromatic N) is 3. The lowest BCUT2D eigenvalue weighted by Gasteiger charge is -2.44.